The summed E-state index contributed by atoms with van der Waals surface area (Å²) in [5.41, 5.74) is 0.323. The van der Waals surface area contributed by atoms with E-state index >= 15 is 0 Å². The lowest BCUT2D eigenvalue weighted by atomic mass is 9.75. The first kappa shape index (κ1) is 15.1. The van der Waals surface area contributed by atoms with E-state index in [0.29, 0.717) is 24.3 Å². The van der Waals surface area contributed by atoms with Gasteiger partial charge in [-0.15, -0.1) is 0 Å². The molecule has 1 unspecified atom stereocenters. The summed E-state index contributed by atoms with van der Waals surface area (Å²) in [6, 6.07) is -0.00588. The smallest absolute Gasteiger partial charge is 0.317 e. The Labute approximate surface area is 121 Å². The number of piperidine rings is 2. The number of carbonyl (C=O) groups excluding carboxylic acids is 2. The maximum atomic E-state index is 12.2. The molecule has 3 amide bonds. The molecule has 0 aromatic rings. The standard InChI is InChI=1S/C15H27N3O2/c1-15(2,3)11-5-8-18(9-6-11)14(20)17-12-4-7-16-13(19)10-12/h11-12H,4-10H2,1-3H3,(H,16,19)(H,17,20). The van der Waals surface area contributed by atoms with E-state index in [1.807, 2.05) is 4.90 Å². The fourth-order valence-electron chi connectivity index (χ4n) is 3.12. The maximum absolute atomic E-state index is 12.2. The third-order valence-corrected chi connectivity index (χ3v) is 4.58. The highest BCUT2D eigenvalue weighted by atomic mass is 16.2. The Balaban J connectivity index is 1.78. The number of likely N-dealkylation sites (tertiary alicyclic amines) is 1. The molecule has 20 heavy (non-hydrogen) atoms. The van der Waals surface area contributed by atoms with Gasteiger partial charge in [0, 0.05) is 32.1 Å². The van der Waals surface area contributed by atoms with Gasteiger partial charge in [-0.25, -0.2) is 4.79 Å². The minimum absolute atomic E-state index is 0.00272. The molecule has 0 saturated carbocycles. The van der Waals surface area contributed by atoms with E-state index in [0.717, 1.165) is 32.4 Å². The van der Waals surface area contributed by atoms with Gasteiger partial charge in [-0.1, -0.05) is 20.8 Å². The average Bonchev–Trinajstić information content (AvgIpc) is 2.38. The normalized spacial score (nSPS) is 25.2. The summed E-state index contributed by atoms with van der Waals surface area (Å²) in [4.78, 5) is 25.4. The van der Waals surface area contributed by atoms with E-state index in [1.54, 1.807) is 0 Å². The first-order chi connectivity index (χ1) is 9.36. The number of hydrogen-bond acceptors (Lipinski definition) is 2. The molecule has 2 heterocycles. The molecule has 1 atom stereocenters. The zero-order chi connectivity index (χ0) is 14.8. The Morgan fingerprint density at radius 2 is 1.90 bits per heavy atom. The minimum atomic E-state index is -0.00316. The number of urea groups is 1. The molecule has 5 heteroatoms. The number of nitrogens with zero attached hydrogens (tertiary/aromatic N) is 1. The SMILES string of the molecule is CC(C)(C)C1CCN(C(=O)NC2CCNC(=O)C2)CC1. The Kier molecular flexibility index (Phi) is 4.55. The van der Waals surface area contributed by atoms with Crippen LogP contribution in [0.15, 0.2) is 0 Å². The first-order valence-electron chi connectivity index (χ1n) is 7.68. The van der Waals surface area contributed by atoms with Crippen molar-refractivity contribution in [3.63, 3.8) is 0 Å². The zero-order valence-corrected chi connectivity index (χ0v) is 12.9. The molecule has 2 N–H and O–H groups in total. The number of hydrogen-bond donors (Lipinski definition) is 2. The Bertz CT molecular complexity index is 368. The molecule has 2 aliphatic heterocycles. The van der Waals surface area contributed by atoms with Crippen molar-refractivity contribution in [2.45, 2.75) is 52.5 Å². The number of nitrogens with one attached hydrogen (secondary N) is 2. The van der Waals surface area contributed by atoms with Gasteiger partial charge in [0.15, 0.2) is 0 Å². The van der Waals surface area contributed by atoms with Gasteiger partial charge in [-0.05, 0) is 30.6 Å². The van der Waals surface area contributed by atoms with Gasteiger partial charge >= 0.3 is 6.03 Å². The van der Waals surface area contributed by atoms with Crippen molar-refractivity contribution in [2.75, 3.05) is 19.6 Å². The van der Waals surface area contributed by atoms with Crippen LogP contribution in [0.3, 0.4) is 0 Å². The molecule has 0 aromatic carbocycles. The number of rotatable bonds is 1. The molecule has 2 saturated heterocycles. The number of carbonyl (C=O) groups is 2. The predicted octanol–water partition coefficient (Wildman–Crippen LogP) is 1.73. The van der Waals surface area contributed by atoms with Crippen LogP contribution in [0.25, 0.3) is 0 Å². The molecule has 2 aliphatic rings. The second-order valence-corrected chi connectivity index (χ2v) is 7.12. The van der Waals surface area contributed by atoms with Gasteiger partial charge in [0.1, 0.15) is 0 Å². The van der Waals surface area contributed by atoms with Gasteiger partial charge in [-0.3, -0.25) is 4.79 Å². The maximum Gasteiger partial charge on any atom is 0.317 e. The second-order valence-electron chi connectivity index (χ2n) is 7.12. The third kappa shape index (κ3) is 3.87. The van der Waals surface area contributed by atoms with E-state index in [-0.39, 0.29) is 18.0 Å². The monoisotopic (exact) mass is 281 g/mol. The molecule has 0 bridgehead atoms. The molecule has 2 fully saturated rings. The molecule has 114 valence electrons. The van der Waals surface area contributed by atoms with E-state index in [2.05, 4.69) is 31.4 Å². The van der Waals surface area contributed by atoms with Crippen molar-refractivity contribution in [3.8, 4) is 0 Å². The lowest BCUT2D eigenvalue weighted by Gasteiger charge is -2.39. The highest BCUT2D eigenvalue weighted by Gasteiger charge is 2.31. The third-order valence-electron chi connectivity index (χ3n) is 4.58. The molecule has 0 aliphatic carbocycles. The fourth-order valence-corrected chi connectivity index (χ4v) is 3.12. The quantitative estimate of drug-likeness (QED) is 0.769. The van der Waals surface area contributed by atoms with Crippen LogP contribution in [0.4, 0.5) is 4.79 Å². The highest BCUT2D eigenvalue weighted by molar-refractivity contribution is 5.79. The topological polar surface area (TPSA) is 61.4 Å². The van der Waals surface area contributed by atoms with Crippen LogP contribution in [0.1, 0.15) is 46.5 Å². The average molecular weight is 281 g/mol. The van der Waals surface area contributed by atoms with E-state index < -0.39 is 0 Å². The lowest BCUT2D eigenvalue weighted by molar-refractivity contribution is -0.122. The lowest BCUT2D eigenvalue weighted by Crippen LogP contribution is -2.52. The number of amides is 3. The summed E-state index contributed by atoms with van der Waals surface area (Å²) >= 11 is 0. The van der Waals surface area contributed by atoms with Gasteiger partial charge in [-0.2, -0.15) is 0 Å². The van der Waals surface area contributed by atoms with Crippen LogP contribution in [-0.2, 0) is 4.79 Å². The first-order valence-corrected chi connectivity index (χ1v) is 7.68. The van der Waals surface area contributed by atoms with Crippen LogP contribution in [0.2, 0.25) is 0 Å². The highest BCUT2D eigenvalue weighted by Crippen LogP contribution is 2.34. The van der Waals surface area contributed by atoms with Gasteiger partial charge in [0.2, 0.25) is 5.91 Å². The van der Waals surface area contributed by atoms with Crippen LogP contribution in [0, 0.1) is 11.3 Å². The van der Waals surface area contributed by atoms with Gasteiger partial charge in [0.05, 0.1) is 0 Å². The molecule has 0 spiro atoms. The van der Waals surface area contributed by atoms with E-state index in [4.69, 9.17) is 0 Å². The summed E-state index contributed by atoms with van der Waals surface area (Å²) in [7, 11) is 0. The van der Waals surface area contributed by atoms with Crippen LogP contribution in [-0.4, -0.2) is 42.5 Å². The van der Waals surface area contributed by atoms with Crippen molar-refractivity contribution < 1.29 is 9.59 Å². The van der Waals surface area contributed by atoms with E-state index in [1.165, 1.54) is 0 Å². The van der Waals surface area contributed by atoms with Crippen molar-refractivity contribution in [3.05, 3.63) is 0 Å². The van der Waals surface area contributed by atoms with Gasteiger partial charge < -0.3 is 15.5 Å². The minimum Gasteiger partial charge on any atom is -0.356 e. The molecule has 2 rings (SSSR count). The fraction of sp³-hybridized carbons (Fsp3) is 0.867. The van der Waals surface area contributed by atoms with Crippen molar-refractivity contribution in [2.24, 2.45) is 11.3 Å². The van der Waals surface area contributed by atoms with Gasteiger partial charge in [0.25, 0.3) is 0 Å². The zero-order valence-electron chi connectivity index (χ0n) is 12.9. The summed E-state index contributed by atoms with van der Waals surface area (Å²) < 4.78 is 0. The molecular weight excluding hydrogens is 254 g/mol. The van der Waals surface area contributed by atoms with Crippen molar-refractivity contribution >= 4 is 11.9 Å². The van der Waals surface area contributed by atoms with Crippen molar-refractivity contribution in [1.29, 1.82) is 0 Å². The summed E-state index contributed by atoms with van der Waals surface area (Å²) in [6.07, 6.45) is 3.38. The molecule has 0 radical (unpaired) electrons. The summed E-state index contributed by atoms with van der Waals surface area (Å²) in [5, 5.41) is 5.78. The Morgan fingerprint density at radius 1 is 1.25 bits per heavy atom. The van der Waals surface area contributed by atoms with E-state index in [9.17, 15) is 9.59 Å². The Hall–Kier alpha value is -1.26. The second kappa shape index (κ2) is 6.02. The summed E-state index contributed by atoms with van der Waals surface area (Å²) in [6.45, 7) is 9.13. The summed E-state index contributed by atoms with van der Waals surface area (Å²) in [5.74, 6) is 0.722. The molecular formula is C15H27N3O2. The predicted molar refractivity (Wildman–Crippen MR) is 78.3 cm³/mol. The molecule has 0 aromatic heterocycles. The Morgan fingerprint density at radius 3 is 2.45 bits per heavy atom. The van der Waals surface area contributed by atoms with Crippen LogP contribution < -0.4 is 10.6 Å². The molecule has 5 nitrogen and oxygen atoms in total. The van der Waals surface area contributed by atoms with Crippen molar-refractivity contribution in [1.82, 2.24) is 15.5 Å². The van der Waals surface area contributed by atoms with Crippen LogP contribution in [0.5, 0.6) is 0 Å². The van der Waals surface area contributed by atoms with Crippen LogP contribution >= 0.6 is 0 Å². The largest absolute Gasteiger partial charge is 0.356 e.